The van der Waals surface area contributed by atoms with E-state index in [0.29, 0.717) is 23.0 Å². The number of hydrogen-bond acceptors (Lipinski definition) is 4. The van der Waals surface area contributed by atoms with Crippen LogP contribution in [0.3, 0.4) is 0 Å². The second kappa shape index (κ2) is 8.28. The van der Waals surface area contributed by atoms with E-state index >= 15 is 0 Å². The molecule has 0 radical (unpaired) electrons. The van der Waals surface area contributed by atoms with E-state index in [4.69, 9.17) is 16.0 Å². The van der Waals surface area contributed by atoms with Crippen LogP contribution in [0, 0.1) is 0 Å². The van der Waals surface area contributed by atoms with Gasteiger partial charge in [-0.2, -0.15) is 0 Å². The number of halogens is 1. The van der Waals surface area contributed by atoms with Gasteiger partial charge in [0.15, 0.2) is 5.76 Å². The van der Waals surface area contributed by atoms with Crippen molar-refractivity contribution in [2.45, 2.75) is 32.1 Å². The first kappa shape index (κ1) is 18.3. The first-order valence-corrected chi connectivity index (χ1v) is 10.1. The van der Waals surface area contributed by atoms with Gasteiger partial charge >= 0.3 is 0 Å². The SMILES string of the molecule is O=C(NCCCN1CCCCCC1)c1cc2cc3ccc(Cl)cc3nc2o1. The summed E-state index contributed by atoms with van der Waals surface area (Å²) in [5.41, 5.74) is 1.22. The highest BCUT2D eigenvalue weighted by Crippen LogP contribution is 2.24. The smallest absolute Gasteiger partial charge is 0.287 e. The monoisotopic (exact) mass is 385 g/mol. The van der Waals surface area contributed by atoms with Gasteiger partial charge < -0.3 is 14.6 Å². The van der Waals surface area contributed by atoms with Crippen molar-refractivity contribution >= 4 is 39.5 Å². The van der Waals surface area contributed by atoms with Crippen LogP contribution in [0.4, 0.5) is 0 Å². The number of rotatable bonds is 5. The minimum Gasteiger partial charge on any atom is -0.433 e. The maximum absolute atomic E-state index is 12.4. The van der Waals surface area contributed by atoms with Gasteiger partial charge in [0.2, 0.25) is 5.71 Å². The zero-order valence-electron chi connectivity index (χ0n) is 15.3. The third-order valence-electron chi connectivity index (χ3n) is 5.12. The second-order valence-corrected chi connectivity index (χ2v) is 7.63. The number of aromatic nitrogens is 1. The lowest BCUT2D eigenvalue weighted by Crippen LogP contribution is -2.30. The van der Waals surface area contributed by atoms with Gasteiger partial charge in [0.1, 0.15) is 0 Å². The largest absolute Gasteiger partial charge is 0.433 e. The summed E-state index contributed by atoms with van der Waals surface area (Å²) in [6.45, 7) is 4.05. The number of furan rings is 1. The number of nitrogens with one attached hydrogen (secondary N) is 1. The third-order valence-corrected chi connectivity index (χ3v) is 5.36. The van der Waals surface area contributed by atoms with E-state index < -0.39 is 0 Å². The highest BCUT2D eigenvalue weighted by molar-refractivity contribution is 6.31. The molecule has 0 aliphatic carbocycles. The molecule has 4 rings (SSSR count). The van der Waals surface area contributed by atoms with E-state index in [1.54, 1.807) is 12.1 Å². The van der Waals surface area contributed by atoms with Crippen molar-refractivity contribution in [3.8, 4) is 0 Å². The summed E-state index contributed by atoms with van der Waals surface area (Å²) in [6, 6.07) is 9.25. The summed E-state index contributed by atoms with van der Waals surface area (Å²) in [5.74, 6) is 0.111. The van der Waals surface area contributed by atoms with Crippen LogP contribution in [0.5, 0.6) is 0 Å². The molecule has 1 aliphatic rings. The zero-order valence-corrected chi connectivity index (χ0v) is 16.1. The number of benzene rings is 1. The molecule has 0 saturated carbocycles. The Morgan fingerprint density at radius 1 is 1.11 bits per heavy atom. The fraction of sp³-hybridized carbons (Fsp3) is 0.429. The van der Waals surface area contributed by atoms with Gasteiger partial charge in [-0.25, -0.2) is 4.98 Å². The van der Waals surface area contributed by atoms with E-state index in [9.17, 15) is 4.79 Å². The maximum Gasteiger partial charge on any atom is 0.287 e. The van der Waals surface area contributed by atoms with E-state index in [0.717, 1.165) is 29.3 Å². The molecule has 27 heavy (non-hydrogen) atoms. The first-order chi connectivity index (χ1) is 13.2. The molecule has 1 fully saturated rings. The van der Waals surface area contributed by atoms with E-state index in [2.05, 4.69) is 15.2 Å². The Labute approximate surface area is 163 Å². The predicted molar refractivity (Wildman–Crippen MR) is 108 cm³/mol. The summed E-state index contributed by atoms with van der Waals surface area (Å²) in [4.78, 5) is 19.4. The Bertz CT molecular complexity index is 945. The Hall–Kier alpha value is -2.11. The van der Waals surface area contributed by atoms with Crippen LogP contribution < -0.4 is 5.32 Å². The normalized spacial score (nSPS) is 15.9. The number of carbonyl (C=O) groups is 1. The van der Waals surface area contributed by atoms with Crippen molar-refractivity contribution in [2.24, 2.45) is 0 Å². The number of likely N-dealkylation sites (tertiary alicyclic amines) is 1. The van der Waals surface area contributed by atoms with Crippen molar-refractivity contribution in [3.63, 3.8) is 0 Å². The van der Waals surface area contributed by atoms with Crippen LogP contribution in [-0.2, 0) is 0 Å². The summed E-state index contributed by atoms with van der Waals surface area (Å²) in [5, 5.41) is 5.37. The molecule has 1 saturated heterocycles. The molecule has 0 atom stereocenters. The molecule has 0 unspecified atom stereocenters. The van der Waals surface area contributed by atoms with E-state index in [1.165, 1.54) is 38.8 Å². The van der Waals surface area contributed by atoms with Gasteiger partial charge in [0.05, 0.1) is 5.52 Å². The van der Waals surface area contributed by atoms with Crippen LogP contribution in [0.25, 0.3) is 22.0 Å². The average molecular weight is 386 g/mol. The van der Waals surface area contributed by atoms with Gasteiger partial charge in [-0.3, -0.25) is 4.79 Å². The molecule has 142 valence electrons. The lowest BCUT2D eigenvalue weighted by atomic mass is 10.2. The molecule has 3 heterocycles. The zero-order chi connectivity index (χ0) is 18.6. The number of carbonyl (C=O) groups excluding carboxylic acids is 1. The molecular formula is C21H24ClN3O2. The fourth-order valence-corrected chi connectivity index (χ4v) is 3.83. The van der Waals surface area contributed by atoms with Gasteiger partial charge in [-0.1, -0.05) is 30.5 Å². The van der Waals surface area contributed by atoms with Gasteiger partial charge in [0.25, 0.3) is 5.91 Å². The average Bonchev–Trinajstić information content (AvgIpc) is 2.89. The summed E-state index contributed by atoms with van der Waals surface area (Å²) in [7, 11) is 0. The van der Waals surface area contributed by atoms with E-state index in [-0.39, 0.29) is 5.91 Å². The number of pyridine rings is 1. The molecule has 2 aromatic heterocycles. The van der Waals surface area contributed by atoms with Crippen LogP contribution in [0.1, 0.15) is 42.7 Å². The second-order valence-electron chi connectivity index (χ2n) is 7.20. The lowest BCUT2D eigenvalue weighted by molar-refractivity contribution is 0.0926. The topological polar surface area (TPSA) is 58.4 Å². The molecule has 6 heteroatoms. The van der Waals surface area contributed by atoms with Crippen molar-refractivity contribution in [1.29, 1.82) is 0 Å². The molecule has 1 amide bonds. The molecule has 1 aromatic carbocycles. The van der Waals surface area contributed by atoms with Crippen LogP contribution in [0.15, 0.2) is 34.7 Å². The number of hydrogen-bond donors (Lipinski definition) is 1. The number of amides is 1. The van der Waals surface area contributed by atoms with Crippen molar-refractivity contribution in [2.75, 3.05) is 26.2 Å². The summed E-state index contributed by atoms with van der Waals surface area (Å²) >= 11 is 6.02. The van der Waals surface area contributed by atoms with Gasteiger partial charge in [-0.15, -0.1) is 0 Å². The van der Waals surface area contributed by atoms with Crippen LogP contribution >= 0.6 is 11.6 Å². The van der Waals surface area contributed by atoms with Crippen LogP contribution in [-0.4, -0.2) is 42.0 Å². The Morgan fingerprint density at radius 2 is 1.93 bits per heavy atom. The van der Waals surface area contributed by atoms with Gasteiger partial charge in [0, 0.05) is 22.3 Å². The molecule has 1 N–H and O–H groups in total. The standard InChI is InChI=1S/C21H24ClN3O2/c22-17-7-6-15-12-16-13-19(27-21(16)24-18(15)14-17)20(26)23-8-5-11-25-9-3-1-2-4-10-25/h6-7,12-14H,1-5,8-11H2,(H,23,26). The quantitative estimate of drug-likeness (QED) is 0.650. The molecule has 3 aromatic rings. The minimum absolute atomic E-state index is 0.189. The molecule has 5 nitrogen and oxygen atoms in total. The van der Waals surface area contributed by atoms with Gasteiger partial charge in [-0.05, 0) is 63.2 Å². The Balaban J connectivity index is 1.36. The molecule has 0 spiro atoms. The molecular weight excluding hydrogens is 362 g/mol. The van der Waals surface area contributed by atoms with Crippen LogP contribution in [0.2, 0.25) is 5.02 Å². The third kappa shape index (κ3) is 4.42. The fourth-order valence-electron chi connectivity index (χ4n) is 3.66. The maximum atomic E-state index is 12.4. The highest BCUT2D eigenvalue weighted by atomic mass is 35.5. The van der Waals surface area contributed by atoms with E-state index in [1.807, 2.05) is 18.2 Å². The molecule has 1 aliphatic heterocycles. The minimum atomic E-state index is -0.189. The molecule has 0 bridgehead atoms. The summed E-state index contributed by atoms with van der Waals surface area (Å²) in [6.07, 6.45) is 6.21. The summed E-state index contributed by atoms with van der Waals surface area (Å²) < 4.78 is 5.66. The first-order valence-electron chi connectivity index (χ1n) is 9.69. The van der Waals surface area contributed by atoms with Crippen molar-refractivity contribution in [3.05, 3.63) is 41.1 Å². The predicted octanol–water partition coefficient (Wildman–Crippen LogP) is 4.63. The number of fused-ring (bicyclic) bond motifs is 2. The number of nitrogens with zero attached hydrogens (tertiary/aromatic N) is 2. The van der Waals surface area contributed by atoms with Crippen molar-refractivity contribution in [1.82, 2.24) is 15.2 Å². The Morgan fingerprint density at radius 3 is 2.74 bits per heavy atom. The van der Waals surface area contributed by atoms with Crippen molar-refractivity contribution < 1.29 is 9.21 Å². The Kier molecular flexibility index (Phi) is 5.60. The lowest BCUT2D eigenvalue weighted by Gasteiger charge is -2.19. The highest BCUT2D eigenvalue weighted by Gasteiger charge is 2.14.